The molecule has 0 bridgehead atoms. The summed E-state index contributed by atoms with van der Waals surface area (Å²) in [5.74, 6) is 1.89. The van der Waals surface area contributed by atoms with Crippen LogP contribution < -0.4 is 5.32 Å². The van der Waals surface area contributed by atoms with Gasteiger partial charge >= 0.3 is 0 Å². The Morgan fingerprint density at radius 3 is 2.67 bits per heavy atom. The molecule has 0 aromatic rings. The number of rotatable bonds is 10. The molecule has 0 aromatic carbocycles. The van der Waals surface area contributed by atoms with Crippen LogP contribution in [0, 0.1) is 11.8 Å². The molecule has 3 nitrogen and oxygen atoms in total. The van der Waals surface area contributed by atoms with Crippen LogP contribution in [0.3, 0.4) is 0 Å². The zero-order valence-corrected chi connectivity index (χ0v) is 15.7. The molecule has 0 aromatic heterocycles. The van der Waals surface area contributed by atoms with E-state index in [0.29, 0.717) is 18.4 Å². The van der Waals surface area contributed by atoms with Crippen LogP contribution in [0.5, 0.6) is 0 Å². The van der Waals surface area contributed by atoms with Crippen molar-refractivity contribution in [3.05, 3.63) is 60.6 Å². The van der Waals surface area contributed by atoms with E-state index < -0.39 is 0 Å². The fourth-order valence-corrected chi connectivity index (χ4v) is 2.88. The highest BCUT2D eigenvalue weighted by molar-refractivity contribution is 5.26. The lowest BCUT2D eigenvalue weighted by Gasteiger charge is -2.26. The molecule has 0 saturated carbocycles. The monoisotopic (exact) mass is 331 g/mol. The minimum Gasteiger partial charge on any atom is -0.497 e. The summed E-state index contributed by atoms with van der Waals surface area (Å²) in [5.41, 5.74) is 3.14. The molecule has 3 unspecified atom stereocenters. The van der Waals surface area contributed by atoms with Gasteiger partial charge in [-0.1, -0.05) is 51.3 Å². The molecule has 0 fully saturated rings. The second-order valence-electron chi connectivity index (χ2n) is 6.54. The largest absolute Gasteiger partial charge is 0.497 e. The fourth-order valence-electron chi connectivity index (χ4n) is 2.88. The molecule has 134 valence electrons. The van der Waals surface area contributed by atoms with Gasteiger partial charge in [0.2, 0.25) is 0 Å². The van der Waals surface area contributed by atoms with Crippen molar-refractivity contribution in [2.24, 2.45) is 11.8 Å². The molecule has 24 heavy (non-hydrogen) atoms. The Hall–Kier alpha value is -1.74. The zero-order valence-electron chi connectivity index (χ0n) is 15.7. The van der Waals surface area contributed by atoms with Crippen LogP contribution in [0.2, 0.25) is 0 Å². The number of hydrogen-bond donors (Lipinski definition) is 1. The van der Waals surface area contributed by atoms with E-state index >= 15 is 0 Å². The summed E-state index contributed by atoms with van der Waals surface area (Å²) in [4.78, 5) is 0. The first-order chi connectivity index (χ1) is 11.4. The lowest BCUT2D eigenvalue weighted by Crippen LogP contribution is -2.22. The summed E-state index contributed by atoms with van der Waals surface area (Å²) in [6.45, 7) is 17.3. The fraction of sp³-hybridized carbons (Fsp3) is 0.524. The Bertz CT molecular complexity index is 512. The second-order valence-corrected chi connectivity index (χ2v) is 6.54. The van der Waals surface area contributed by atoms with Crippen LogP contribution in [0.25, 0.3) is 0 Å². The van der Waals surface area contributed by atoms with E-state index in [1.54, 1.807) is 14.2 Å². The standard InChI is InChI=1S/C21H33NO2/c1-8-20(23-6)13-21(24-7)17(4)14-22-18(5)12-19-10-9-15(2)11-16(19)3/h9-10,13,16,19-20,22H,2,4-5,8,11-12,14H2,1,3,6-7H3/b21-13+. The average Bonchev–Trinajstić information content (AvgIpc) is 2.56. The van der Waals surface area contributed by atoms with E-state index in [2.05, 4.69) is 51.1 Å². The van der Waals surface area contributed by atoms with Gasteiger partial charge < -0.3 is 14.8 Å². The maximum atomic E-state index is 5.45. The molecule has 1 aliphatic rings. The van der Waals surface area contributed by atoms with Crippen LogP contribution in [-0.2, 0) is 9.47 Å². The smallest absolute Gasteiger partial charge is 0.121 e. The lowest BCUT2D eigenvalue weighted by atomic mass is 9.81. The summed E-state index contributed by atoms with van der Waals surface area (Å²) in [7, 11) is 3.36. The molecule has 1 aliphatic carbocycles. The lowest BCUT2D eigenvalue weighted by molar-refractivity contribution is 0.133. The maximum absolute atomic E-state index is 5.45. The van der Waals surface area contributed by atoms with Crippen molar-refractivity contribution in [2.45, 2.75) is 39.2 Å². The molecule has 1 rings (SSSR count). The first-order valence-electron chi connectivity index (χ1n) is 8.65. The van der Waals surface area contributed by atoms with Gasteiger partial charge in [-0.15, -0.1) is 0 Å². The molecule has 0 radical (unpaired) electrons. The molecular weight excluding hydrogens is 298 g/mol. The summed E-state index contributed by atoms with van der Waals surface area (Å²) in [6, 6.07) is 0. The van der Waals surface area contributed by atoms with Crippen LogP contribution in [0.15, 0.2) is 60.6 Å². The third-order valence-electron chi connectivity index (χ3n) is 4.54. The molecule has 0 amide bonds. The number of hydrogen-bond acceptors (Lipinski definition) is 3. The first kappa shape index (κ1) is 20.3. The first-order valence-corrected chi connectivity index (χ1v) is 8.65. The van der Waals surface area contributed by atoms with Crippen molar-refractivity contribution in [2.75, 3.05) is 20.8 Å². The topological polar surface area (TPSA) is 30.5 Å². The highest BCUT2D eigenvalue weighted by atomic mass is 16.5. The molecular formula is C21H33NO2. The zero-order chi connectivity index (χ0) is 18.1. The Kier molecular flexibility index (Phi) is 8.62. The second kappa shape index (κ2) is 10.2. The summed E-state index contributed by atoms with van der Waals surface area (Å²) < 4.78 is 10.8. The Morgan fingerprint density at radius 2 is 2.12 bits per heavy atom. The minimum atomic E-state index is 0.0428. The van der Waals surface area contributed by atoms with Gasteiger partial charge in [-0.2, -0.15) is 0 Å². The van der Waals surface area contributed by atoms with Gasteiger partial charge in [0.15, 0.2) is 0 Å². The van der Waals surface area contributed by atoms with E-state index in [-0.39, 0.29) is 6.10 Å². The van der Waals surface area contributed by atoms with Crippen LogP contribution in [-0.4, -0.2) is 26.9 Å². The predicted octanol–water partition coefficient (Wildman–Crippen LogP) is 4.76. The number of nitrogens with one attached hydrogen (secondary N) is 1. The Labute approximate surface area is 147 Å². The van der Waals surface area contributed by atoms with Gasteiger partial charge in [0.1, 0.15) is 5.76 Å². The summed E-state index contributed by atoms with van der Waals surface area (Å²) in [5, 5.41) is 3.37. The molecule has 0 aliphatic heterocycles. The molecule has 0 heterocycles. The normalized spacial score (nSPS) is 22.2. The number of allylic oxidation sites excluding steroid dienone is 4. The summed E-state index contributed by atoms with van der Waals surface area (Å²) in [6.07, 6.45) is 9.30. The van der Waals surface area contributed by atoms with Crippen molar-refractivity contribution >= 4 is 0 Å². The maximum Gasteiger partial charge on any atom is 0.121 e. The molecule has 3 atom stereocenters. The van der Waals surface area contributed by atoms with E-state index in [9.17, 15) is 0 Å². The van der Waals surface area contributed by atoms with Gasteiger partial charge in [0.25, 0.3) is 0 Å². The average molecular weight is 332 g/mol. The van der Waals surface area contributed by atoms with Crippen molar-refractivity contribution < 1.29 is 9.47 Å². The highest BCUT2D eigenvalue weighted by Crippen LogP contribution is 2.30. The van der Waals surface area contributed by atoms with E-state index in [4.69, 9.17) is 9.47 Å². The van der Waals surface area contributed by atoms with Crippen LogP contribution >= 0.6 is 0 Å². The van der Waals surface area contributed by atoms with Crippen molar-refractivity contribution in [3.63, 3.8) is 0 Å². The SMILES string of the molecule is C=C1C=CC(CC(=C)NCC(=C)/C(=C\C(CC)OC)OC)C(C)C1. The van der Waals surface area contributed by atoms with Crippen molar-refractivity contribution in [3.8, 4) is 0 Å². The van der Waals surface area contributed by atoms with E-state index in [1.165, 1.54) is 5.57 Å². The van der Waals surface area contributed by atoms with Crippen LogP contribution in [0.1, 0.15) is 33.1 Å². The predicted molar refractivity (Wildman–Crippen MR) is 103 cm³/mol. The van der Waals surface area contributed by atoms with Crippen LogP contribution in [0.4, 0.5) is 0 Å². The molecule has 1 N–H and O–H groups in total. The van der Waals surface area contributed by atoms with E-state index in [1.807, 2.05) is 6.08 Å². The number of methoxy groups -OCH3 is 2. The summed E-state index contributed by atoms with van der Waals surface area (Å²) >= 11 is 0. The van der Waals surface area contributed by atoms with Gasteiger partial charge in [0, 0.05) is 24.9 Å². The number of ether oxygens (including phenoxy) is 2. The quantitative estimate of drug-likeness (QED) is 0.462. The molecule has 0 saturated heterocycles. The van der Waals surface area contributed by atoms with Gasteiger partial charge in [-0.3, -0.25) is 0 Å². The Morgan fingerprint density at radius 1 is 1.42 bits per heavy atom. The van der Waals surface area contributed by atoms with Gasteiger partial charge in [-0.25, -0.2) is 0 Å². The molecule has 0 spiro atoms. The third kappa shape index (κ3) is 6.40. The van der Waals surface area contributed by atoms with Gasteiger partial charge in [-0.05, 0) is 37.2 Å². The third-order valence-corrected chi connectivity index (χ3v) is 4.54. The van der Waals surface area contributed by atoms with Crippen molar-refractivity contribution in [1.82, 2.24) is 5.32 Å². The highest BCUT2D eigenvalue weighted by Gasteiger charge is 2.19. The molecule has 3 heteroatoms. The van der Waals surface area contributed by atoms with E-state index in [0.717, 1.165) is 36.3 Å². The Balaban J connectivity index is 2.52. The van der Waals surface area contributed by atoms with Crippen molar-refractivity contribution in [1.29, 1.82) is 0 Å². The minimum absolute atomic E-state index is 0.0428. The van der Waals surface area contributed by atoms with Gasteiger partial charge in [0.05, 0.1) is 13.2 Å².